The zero-order chi connectivity index (χ0) is 23.3. The summed E-state index contributed by atoms with van der Waals surface area (Å²) < 4.78 is 33.7. The van der Waals surface area contributed by atoms with Crippen molar-refractivity contribution in [3.63, 3.8) is 0 Å². The van der Waals surface area contributed by atoms with Crippen molar-refractivity contribution in [1.82, 2.24) is 4.72 Å². The maximum atomic E-state index is 13.1. The molecule has 0 spiro atoms. The number of carbonyl (C=O) groups excluding carboxylic acids is 1. The summed E-state index contributed by atoms with van der Waals surface area (Å²) in [6.07, 6.45) is 0. The van der Waals surface area contributed by atoms with Gasteiger partial charge in [0.15, 0.2) is 10.7 Å². The molecule has 0 heterocycles. The molecule has 10 heteroatoms. The van der Waals surface area contributed by atoms with Crippen LogP contribution in [0.1, 0.15) is 22.0 Å². The van der Waals surface area contributed by atoms with Crippen LogP contribution in [0, 0.1) is 10.1 Å². The summed E-state index contributed by atoms with van der Waals surface area (Å²) in [4.78, 5) is 23.0. The Kier molecular flexibility index (Phi) is 7.24. The highest BCUT2D eigenvalue weighted by Gasteiger charge is 2.35. The van der Waals surface area contributed by atoms with Gasteiger partial charge in [0.1, 0.15) is 11.1 Å². The number of hydrogen-bond acceptors (Lipinski definition) is 6. The van der Waals surface area contributed by atoms with Gasteiger partial charge in [-0.15, -0.1) is 11.6 Å². The van der Waals surface area contributed by atoms with Crippen LogP contribution in [0.3, 0.4) is 0 Å². The number of ketones is 1. The SMILES string of the molecule is COc1ccc([C@H](NS(=O)(=O)c2ccccc2[N+](=O)[O-])[C@H](Cl)C(=O)c2ccccc2)cc1. The number of methoxy groups -OCH3 is 1. The second-order valence-corrected chi connectivity index (χ2v) is 8.88. The molecule has 0 aromatic heterocycles. The molecular formula is C22H19ClN2O6S. The van der Waals surface area contributed by atoms with Crippen LogP contribution in [-0.2, 0) is 10.0 Å². The number of Topliss-reactive ketones (excluding diaryl/α,β-unsaturated/α-hetero) is 1. The molecule has 3 aromatic rings. The normalized spacial score (nSPS) is 13.2. The highest BCUT2D eigenvalue weighted by molar-refractivity contribution is 7.89. The molecule has 0 aliphatic heterocycles. The number of rotatable bonds is 9. The maximum absolute atomic E-state index is 13.1. The molecule has 32 heavy (non-hydrogen) atoms. The van der Waals surface area contributed by atoms with E-state index < -0.39 is 42.7 Å². The number of halogens is 1. The van der Waals surface area contributed by atoms with Gasteiger partial charge in [-0.3, -0.25) is 14.9 Å². The number of nitro benzene ring substituents is 1. The molecule has 3 aromatic carbocycles. The van der Waals surface area contributed by atoms with Crippen LogP contribution in [0.15, 0.2) is 83.8 Å². The zero-order valence-electron chi connectivity index (χ0n) is 16.8. The van der Waals surface area contributed by atoms with E-state index in [-0.39, 0.29) is 0 Å². The Labute approximate surface area is 190 Å². The molecular weight excluding hydrogens is 456 g/mol. The van der Waals surface area contributed by atoms with Gasteiger partial charge in [0.05, 0.1) is 18.1 Å². The lowest BCUT2D eigenvalue weighted by Crippen LogP contribution is -2.38. The lowest BCUT2D eigenvalue weighted by molar-refractivity contribution is -0.387. The Bertz CT molecular complexity index is 1220. The van der Waals surface area contributed by atoms with Gasteiger partial charge >= 0.3 is 0 Å². The Morgan fingerprint density at radius 2 is 1.59 bits per heavy atom. The van der Waals surface area contributed by atoms with E-state index in [0.29, 0.717) is 16.9 Å². The fourth-order valence-electron chi connectivity index (χ4n) is 3.09. The van der Waals surface area contributed by atoms with Gasteiger partial charge in [-0.25, -0.2) is 13.1 Å². The third kappa shape index (κ3) is 5.13. The molecule has 0 fully saturated rings. The van der Waals surface area contributed by atoms with Crippen molar-refractivity contribution in [2.24, 2.45) is 0 Å². The van der Waals surface area contributed by atoms with E-state index >= 15 is 0 Å². The van der Waals surface area contributed by atoms with E-state index in [1.807, 2.05) is 0 Å². The van der Waals surface area contributed by atoms with Gasteiger partial charge in [-0.05, 0) is 23.8 Å². The minimum atomic E-state index is -4.42. The van der Waals surface area contributed by atoms with Gasteiger partial charge in [0, 0.05) is 11.6 Å². The van der Waals surface area contributed by atoms with Gasteiger partial charge in [0.25, 0.3) is 5.69 Å². The molecule has 0 aliphatic rings. The highest BCUT2D eigenvalue weighted by Crippen LogP contribution is 2.30. The smallest absolute Gasteiger partial charge is 0.289 e. The Balaban J connectivity index is 2.04. The molecule has 0 saturated heterocycles. The first-order chi connectivity index (χ1) is 15.2. The van der Waals surface area contributed by atoms with Crippen molar-refractivity contribution in [1.29, 1.82) is 0 Å². The third-order valence-electron chi connectivity index (χ3n) is 4.71. The molecule has 2 atom stereocenters. The average molecular weight is 475 g/mol. The second-order valence-electron chi connectivity index (χ2n) is 6.73. The first-order valence-corrected chi connectivity index (χ1v) is 11.3. The molecule has 0 bridgehead atoms. The highest BCUT2D eigenvalue weighted by atomic mass is 35.5. The number of ether oxygens (including phenoxy) is 1. The lowest BCUT2D eigenvalue weighted by Gasteiger charge is -2.23. The fraction of sp³-hybridized carbons (Fsp3) is 0.136. The summed E-state index contributed by atoms with van der Waals surface area (Å²) in [7, 11) is -2.94. The Morgan fingerprint density at radius 3 is 2.19 bits per heavy atom. The zero-order valence-corrected chi connectivity index (χ0v) is 18.4. The number of nitro groups is 1. The Morgan fingerprint density at radius 1 is 1.00 bits per heavy atom. The molecule has 0 unspecified atom stereocenters. The Hall–Kier alpha value is -3.27. The molecule has 0 aliphatic carbocycles. The summed E-state index contributed by atoms with van der Waals surface area (Å²) >= 11 is 6.49. The van der Waals surface area contributed by atoms with E-state index in [4.69, 9.17) is 16.3 Å². The number of carbonyl (C=O) groups is 1. The van der Waals surface area contributed by atoms with Crippen molar-refractivity contribution in [2.45, 2.75) is 16.3 Å². The van der Waals surface area contributed by atoms with Crippen molar-refractivity contribution in [3.8, 4) is 5.75 Å². The average Bonchev–Trinajstić information content (AvgIpc) is 2.82. The van der Waals surface area contributed by atoms with Crippen LogP contribution in [0.4, 0.5) is 5.69 Å². The van der Waals surface area contributed by atoms with Crippen molar-refractivity contribution in [3.05, 3.63) is 100 Å². The van der Waals surface area contributed by atoms with E-state index in [9.17, 15) is 23.3 Å². The van der Waals surface area contributed by atoms with E-state index in [1.54, 1.807) is 54.6 Å². The van der Waals surface area contributed by atoms with Crippen LogP contribution in [0.2, 0.25) is 0 Å². The quantitative estimate of drug-likeness (QED) is 0.216. The number of sulfonamides is 1. The van der Waals surface area contributed by atoms with Crippen LogP contribution in [0.5, 0.6) is 5.75 Å². The first kappa shape index (κ1) is 23.4. The molecule has 0 radical (unpaired) electrons. The van der Waals surface area contributed by atoms with Crippen molar-refractivity contribution >= 4 is 33.1 Å². The monoisotopic (exact) mass is 474 g/mol. The largest absolute Gasteiger partial charge is 0.497 e. The summed E-state index contributed by atoms with van der Waals surface area (Å²) in [5, 5.41) is 10.0. The van der Waals surface area contributed by atoms with E-state index in [2.05, 4.69) is 4.72 Å². The third-order valence-corrected chi connectivity index (χ3v) is 6.65. The standard InChI is InChI=1S/C22H19ClN2O6S/c1-31-17-13-11-15(12-14-17)21(20(23)22(26)16-7-3-2-4-8-16)24-32(29,30)19-10-6-5-9-18(19)25(27)28/h2-14,20-21,24H,1H3/t20-,21-/m0/s1. The number of para-hydroxylation sites is 1. The molecule has 166 valence electrons. The van der Waals surface area contributed by atoms with Crippen LogP contribution < -0.4 is 9.46 Å². The topological polar surface area (TPSA) is 116 Å². The van der Waals surface area contributed by atoms with Gasteiger partial charge < -0.3 is 4.74 Å². The molecule has 0 saturated carbocycles. The second kappa shape index (κ2) is 9.90. The summed E-state index contributed by atoms with van der Waals surface area (Å²) in [5.74, 6) is 0.0212. The molecule has 3 rings (SSSR count). The van der Waals surface area contributed by atoms with Crippen molar-refractivity contribution < 1.29 is 22.9 Å². The lowest BCUT2D eigenvalue weighted by atomic mass is 9.98. The summed E-state index contributed by atoms with van der Waals surface area (Å²) in [5.41, 5.74) is 0.0992. The van der Waals surface area contributed by atoms with Crippen LogP contribution in [-0.4, -0.2) is 31.6 Å². The van der Waals surface area contributed by atoms with Crippen LogP contribution in [0.25, 0.3) is 0 Å². The molecule has 0 amide bonds. The molecule has 1 N–H and O–H groups in total. The summed E-state index contributed by atoms with van der Waals surface area (Å²) in [6, 6.07) is 18.3. The first-order valence-electron chi connectivity index (χ1n) is 9.37. The minimum absolute atomic E-state index is 0.302. The number of benzene rings is 3. The van der Waals surface area contributed by atoms with E-state index in [0.717, 1.165) is 12.1 Å². The van der Waals surface area contributed by atoms with E-state index in [1.165, 1.54) is 19.2 Å². The molecule has 8 nitrogen and oxygen atoms in total. The maximum Gasteiger partial charge on any atom is 0.289 e. The van der Waals surface area contributed by atoms with Crippen LogP contribution >= 0.6 is 11.6 Å². The van der Waals surface area contributed by atoms with Gasteiger partial charge in [0.2, 0.25) is 10.0 Å². The van der Waals surface area contributed by atoms with Gasteiger partial charge in [-0.2, -0.15) is 0 Å². The number of nitrogens with one attached hydrogen (secondary N) is 1. The predicted octanol–water partition coefficient (Wildman–Crippen LogP) is 4.11. The summed E-state index contributed by atoms with van der Waals surface area (Å²) in [6.45, 7) is 0. The van der Waals surface area contributed by atoms with Gasteiger partial charge in [-0.1, -0.05) is 54.6 Å². The minimum Gasteiger partial charge on any atom is -0.497 e. The van der Waals surface area contributed by atoms with Crippen molar-refractivity contribution in [2.75, 3.05) is 7.11 Å². The predicted molar refractivity (Wildman–Crippen MR) is 120 cm³/mol. The number of hydrogen-bond donors (Lipinski definition) is 1. The number of alkyl halides is 1. The number of nitrogens with zero attached hydrogens (tertiary/aromatic N) is 1. The fourth-order valence-corrected chi connectivity index (χ4v) is 4.91.